The first kappa shape index (κ1) is 16.7. The van der Waals surface area contributed by atoms with Crippen molar-refractivity contribution < 1.29 is 13.6 Å². The predicted molar refractivity (Wildman–Crippen MR) is 80.5 cm³/mol. The summed E-state index contributed by atoms with van der Waals surface area (Å²) in [7, 11) is 1.47. The van der Waals surface area contributed by atoms with Gasteiger partial charge in [-0.2, -0.15) is 5.10 Å². The van der Waals surface area contributed by atoms with Gasteiger partial charge in [0.15, 0.2) is 0 Å². The van der Waals surface area contributed by atoms with Crippen molar-refractivity contribution in [2.45, 2.75) is 19.4 Å². The molecule has 1 unspecified atom stereocenters. The Balaban J connectivity index is 2.23. The van der Waals surface area contributed by atoms with Crippen LogP contribution in [0, 0.1) is 0 Å². The summed E-state index contributed by atoms with van der Waals surface area (Å²) in [6, 6.07) is 4.53. The maximum absolute atomic E-state index is 12.9. The molecule has 0 fully saturated rings. The number of hydrogen-bond acceptors (Lipinski definition) is 2. The lowest BCUT2D eigenvalue weighted by Crippen LogP contribution is -2.27. The number of alkyl halides is 2. The van der Waals surface area contributed by atoms with Crippen molar-refractivity contribution in [3.05, 3.63) is 51.3 Å². The van der Waals surface area contributed by atoms with E-state index in [4.69, 9.17) is 23.2 Å². The molecule has 0 aliphatic carbocycles. The Bertz CT molecular complexity index is 703. The number of carbonyl (C=O) groups excluding carboxylic acids is 1. The molecule has 1 heterocycles. The molecule has 0 saturated carbocycles. The summed E-state index contributed by atoms with van der Waals surface area (Å²) in [5, 5.41) is 6.90. The molecule has 0 saturated heterocycles. The van der Waals surface area contributed by atoms with Gasteiger partial charge in [-0.15, -0.1) is 0 Å². The molecule has 0 radical (unpaired) electrons. The first-order chi connectivity index (χ1) is 10.3. The number of aryl methyl sites for hydroxylation is 1. The molecule has 8 heteroatoms. The number of halogens is 4. The SMILES string of the molecule is CC(NC(=O)c1cn(C)nc1C(F)F)c1cccc(Cl)c1Cl. The number of benzene rings is 1. The number of hydrogen-bond donors (Lipinski definition) is 1. The number of aromatic nitrogens is 2. The van der Waals surface area contributed by atoms with Crippen molar-refractivity contribution in [1.82, 2.24) is 15.1 Å². The van der Waals surface area contributed by atoms with Crippen molar-refractivity contribution in [3.63, 3.8) is 0 Å². The second-order valence-electron chi connectivity index (χ2n) is 4.74. The van der Waals surface area contributed by atoms with Gasteiger partial charge in [0.25, 0.3) is 12.3 Å². The minimum absolute atomic E-state index is 0.164. The van der Waals surface area contributed by atoms with Crippen LogP contribution in [0.25, 0.3) is 0 Å². The van der Waals surface area contributed by atoms with E-state index in [0.717, 1.165) is 0 Å². The Kier molecular flexibility index (Phi) is 5.03. The van der Waals surface area contributed by atoms with Crippen molar-refractivity contribution in [1.29, 1.82) is 0 Å². The van der Waals surface area contributed by atoms with E-state index in [1.165, 1.54) is 17.9 Å². The van der Waals surface area contributed by atoms with E-state index in [9.17, 15) is 13.6 Å². The summed E-state index contributed by atoms with van der Waals surface area (Å²) in [5.41, 5.74) is -0.114. The Morgan fingerprint density at radius 1 is 1.36 bits per heavy atom. The Hall–Kier alpha value is -1.66. The van der Waals surface area contributed by atoms with Crippen molar-refractivity contribution in [3.8, 4) is 0 Å². The molecule has 22 heavy (non-hydrogen) atoms. The highest BCUT2D eigenvalue weighted by molar-refractivity contribution is 6.42. The highest BCUT2D eigenvalue weighted by atomic mass is 35.5. The van der Waals surface area contributed by atoms with Crippen LogP contribution in [0.3, 0.4) is 0 Å². The first-order valence-corrected chi connectivity index (χ1v) is 7.13. The zero-order valence-corrected chi connectivity index (χ0v) is 13.3. The van der Waals surface area contributed by atoms with Crippen LogP contribution in [0.5, 0.6) is 0 Å². The molecule has 0 bridgehead atoms. The number of amides is 1. The number of nitrogens with zero attached hydrogens (tertiary/aromatic N) is 2. The molecule has 0 spiro atoms. The summed E-state index contributed by atoms with van der Waals surface area (Å²) >= 11 is 12.0. The molecular formula is C14H13Cl2F2N3O. The van der Waals surface area contributed by atoms with Gasteiger partial charge < -0.3 is 5.32 Å². The maximum atomic E-state index is 12.9. The summed E-state index contributed by atoms with van der Waals surface area (Å²) in [5.74, 6) is -0.646. The van der Waals surface area contributed by atoms with Crippen LogP contribution in [-0.4, -0.2) is 15.7 Å². The van der Waals surface area contributed by atoms with Gasteiger partial charge in [-0.1, -0.05) is 35.3 Å². The highest BCUT2D eigenvalue weighted by Crippen LogP contribution is 2.30. The minimum atomic E-state index is -2.83. The fraction of sp³-hybridized carbons (Fsp3) is 0.286. The fourth-order valence-corrected chi connectivity index (χ4v) is 2.52. The number of rotatable bonds is 4. The minimum Gasteiger partial charge on any atom is -0.345 e. The third-order valence-electron chi connectivity index (χ3n) is 3.10. The molecule has 2 rings (SSSR count). The molecule has 1 amide bonds. The number of carbonyl (C=O) groups is 1. The first-order valence-electron chi connectivity index (χ1n) is 6.37. The van der Waals surface area contributed by atoms with Gasteiger partial charge in [0.05, 0.1) is 21.7 Å². The summed E-state index contributed by atoms with van der Waals surface area (Å²) in [4.78, 5) is 12.2. The lowest BCUT2D eigenvalue weighted by Gasteiger charge is -2.16. The zero-order valence-electron chi connectivity index (χ0n) is 11.8. The van der Waals surface area contributed by atoms with Crippen molar-refractivity contribution >= 4 is 29.1 Å². The van der Waals surface area contributed by atoms with Crippen LogP contribution in [0.15, 0.2) is 24.4 Å². The Morgan fingerprint density at radius 3 is 2.68 bits per heavy atom. The monoisotopic (exact) mass is 347 g/mol. The fourth-order valence-electron chi connectivity index (χ4n) is 2.05. The average molecular weight is 348 g/mol. The van der Waals surface area contributed by atoms with Gasteiger partial charge in [-0.3, -0.25) is 9.48 Å². The van der Waals surface area contributed by atoms with Crippen LogP contribution < -0.4 is 5.32 Å². The van der Waals surface area contributed by atoms with Crippen LogP contribution in [-0.2, 0) is 7.05 Å². The molecular weight excluding hydrogens is 335 g/mol. The third-order valence-corrected chi connectivity index (χ3v) is 3.94. The van der Waals surface area contributed by atoms with Gasteiger partial charge in [-0.25, -0.2) is 8.78 Å². The predicted octanol–water partition coefficient (Wildman–Crippen LogP) is 4.16. The Morgan fingerprint density at radius 2 is 2.05 bits per heavy atom. The average Bonchev–Trinajstić information content (AvgIpc) is 2.84. The van der Waals surface area contributed by atoms with Crippen LogP contribution in [0.1, 0.15) is 41.0 Å². The van der Waals surface area contributed by atoms with E-state index in [1.807, 2.05) is 0 Å². The molecule has 1 atom stereocenters. The van der Waals surface area contributed by atoms with Gasteiger partial charge in [0, 0.05) is 13.2 Å². The molecule has 2 aromatic rings. The quantitative estimate of drug-likeness (QED) is 0.902. The van der Waals surface area contributed by atoms with Gasteiger partial charge in [0.2, 0.25) is 0 Å². The molecule has 0 aliphatic rings. The lowest BCUT2D eigenvalue weighted by molar-refractivity contribution is 0.0925. The van der Waals surface area contributed by atoms with E-state index in [0.29, 0.717) is 15.6 Å². The van der Waals surface area contributed by atoms with Crippen molar-refractivity contribution in [2.75, 3.05) is 0 Å². The largest absolute Gasteiger partial charge is 0.345 e. The Labute approximate surface area is 136 Å². The van der Waals surface area contributed by atoms with E-state index in [1.54, 1.807) is 25.1 Å². The van der Waals surface area contributed by atoms with E-state index in [2.05, 4.69) is 10.4 Å². The second-order valence-corrected chi connectivity index (χ2v) is 5.53. The molecule has 1 aromatic carbocycles. The van der Waals surface area contributed by atoms with Gasteiger partial charge in [0.1, 0.15) is 5.69 Å². The van der Waals surface area contributed by atoms with E-state index >= 15 is 0 Å². The molecule has 118 valence electrons. The van der Waals surface area contributed by atoms with Gasteiger partial charge in [-0.05, 0) is 18.6 Å². The topological polar surface area (TPSA) is 46.9 Å². The molecule has 4 nitrogen and oxygen atoms in total. The van der Waals surface area contributed by atoms with Crippen LogP contribution >= 0.6 is 23.2 Å². The summed E-state index contributed by atoms with van der Waals surface area (Å²) in [6.07, 6.45) is -1.57. The summed E-state index contributed by atoms with van der Waals surface area (Å²) in [6.45, 7) is 1.69. The smallest absolute Gasteiger partial charge is 0.282 e. The van der Waals surface area contributed by atoms with Crippen LogP contribution in [0.2, 0.25) is 10.0 Å². The summed E-state index contributed by atoms with van der Waals surface area (Å²) < 4.78 is 26.9. The highest BCUT2D eigenvalue weighted by Gasteiger charge is 2.24. The number of nitrogens with one attached hydrogen (secondary N) is 1. The standard InChI is InChI=1S/C14H13Cl2F2N3O/c1-7(8-4-3-5-10(15)11(8)16)19-14(22)9-6-21(2)20-12(9)13(17)18/h3-7,13H,1-2H3,(H,19,22). The lowest BCUT2D eigenvalue weighted by atomic mass is 10.1. The zero-order chi connectivity index (χ0) is 16.4. The third kappa shape index (κ3) is 3.39. The normalized spacial score (nSPS) is 12.5. The maximum Gasteiger partial charge on any atom is 0.282 e. The molecule has 0 aliphatic heterocycles. The molecule has 1 N–H and O–H groups in total. The molecule has 1 aromatic heterocycles. The second kappa shape index (κ2) is 6.62. The van der Waals surface area contributed by atoms with Crippen LogP contribution in [0.4, 0.5) is 8.78 Å². The van der Waals surface area contributed by atoms with Gasteiger partial charge >= 0.3 is 0 Å². The van der Waals surface area contributed by atoms with E-state index < -0.39 is 24.1 Å². The van der Waals surface area contributed by atoms with Crippen molar-refractivity contribution in [2.24, 2.45) is 7.05 Å². The van der Waals surface area contributed by atoms with E-state index in [-0.39, 0.29) is 5.56 Å².